The lowest BCUT2D eigenvalue weighted by atomic mass is 10.1. The van der Waals surface area contributed by atoms with Gasteiger partial charge in [0.05, 0.1) is 0 Å². The van der Waals surface area contributed by atoms with Gasteiger partial charge in [0.15, 0.2) is 0 Å². The predicted octanol–water partition coefficient (Wildman–Crippen LogP) is 3.31. The van der Waals surface area contributed by atoms with Crippen LogP contribution >= 0.6 is 24.0 Å². The van der Waals surface area contributed by atoms with Crippen LogP contribution in [0.2, 0.25) is 0 Å². The molecular formula is C12H17Cl2N. The van der Waals surface area contributed by atoms with Crippen molar-refractivity contribution in [1.82, 2.24) is 4.90 Å². The summed E-state index contributed by atoms with van der Waals surface area (Å²) in [7, 11) is 0. The standard InChI is InChI=1S/C12H16ClN.ClH/c13-12-7-4-8-14(10-12)9-11-5-2-1-3-6-11;/h1-3,5-6,12H,4,7-10H2;1H. The van der Waals surface area contributed by atoms with E-state index in [4.69, 9.17) is 11.6 Å². The van der Waals surface area contributed by atoms with E-state index in [2.05, 4.69) is 35.2 Å². The summed E-state index contributed by atoms with van der Waals surface area (Å²) in [6.45, 7) is 3.28. The SMILES string of the molecule is Cl.ClC1CCCN(Cc2ccccc2)C1. The average molecular weight is 246 g/mol. The Kier molecular flexibility index (Phi) is 5.44. The predicted molar refractivity (Wildman–Crippen MR) is 67.8 cm³/mol. The number of rotatable bonds is 2. The van der Waals surface area contributed by atoms with Gasteiger partial charge in [0, 0.05) is 18.5 Å². The Morgan fingerprint density at radius 3 is 2.67 bits per heavy atom. The molecule has 0 amide bonds. The summed E-state index contributed by atoms with van der Waals surface area (Å²) in [6.07, 6.45) is 2.41. The first kappa shape index (κ1) is 12.8. The van der Waals surface area contributed by atoms with Crippen LogP contribution in [0.3, 0.4) is 0 Å². The molecule has 3 heteroatoms. The van der Waals surface area contributed by atoms with Crippen molar-refractivity contribution in [2.24, 2.45) is 0 Å². The molecule has 15 heavy (non-hydrogen) atoms. The van der Waals surface area contributed by atoms with Crippen molar-refractivity contribution in [3.8, 4) is 0 Å². The number of hydrogen-bond acceptors (Lipinski definition) is 1. The van der Waals surface area contributed by atoms with Crippen LogP contribution in [-0.2, 0) is 6.54 Å². The second-order valence-corrected chi connectivity index (χ2v) is 4.58. The highest BCUT2D eigenvalue weighted by Crippen LogP contribution is 2.17. The molecule has 1 aromatic carbocycles. The maximum absolute atomic E-state index is 6.14. The summed E-state index contributed by atoms with van der Waals surface area (Å²) in [5.74, 6) is 0. The van der Waals surface area contributed by atoms with Crippen LogP contribution < -0.4 is 0 Å². The van der Waals surface area contributed by atoms with E-state index >= 15 is 0 Å². The van der Waals surface area contributed by atoms with Crippen LogP contribution in [-0.4, -0.2) is 23.4 Å². The number of alkyl halides is 1. The van der Waals surface area contributed by atoms with Gasteiger partial charge in [-0.1, -0.05) is 30.3 Å². The van der Waals surface area contributed by atoms with Gasteiger partial charge in [-0.05, 0) is 24.9 Å². The van der Waals surface area contributed by atoms with Crippen LogP contribution in [0.5, 0.6) is 0 Å². The zero-order chi connectivity index (χ0) is 9.80. The highest BCUT2D eigenvalue weighted by molar-refractivity contribution is 6.20. The lowest BCUT2D eigenvalue weighted by Crippen LogP contribution is -2.35. The molecule has 0 aromatic heterocycles. The van der Waals surface area contributed by atoms with Crippen LogP contribution in [0, 0.1) is 0 Å². The molecule has 0 radical (unpaired) electrons. The lowest BCUT2D eigenvalue weighted by Gasteiger charge is -2.29. The highest BCUT2D eigenvalue weighted by atomic mass is 35.5. The van der Waals surface area contributed by atoms with E-state index in [9.17, 15) is 0 Å². The van der Waals surface area contributed by atoms with Crippen LogP contribution in [0.1, 0.15) is 18.4 Å². The fourth-order valence-corrected chi connectivity index (χ4v) is 2.33. The van der Waals surface area contributed by atoms with Crippen molar-refractivity contribution in [3.63, 3.8) is 0 Å². The summed E-state index contributed by atoms with van der Waals surface area (Å²) in [6, 6.07) is 10.6. The molecule has 1 nitrogen and oxygen atoms in total. The summed E-state index contributed by atoms with van der Waals surface area (Å²) in [5, 5.41) is 0.354. The summed E-state index contributed by atoms with van der Waals surface area (Å²) >= 11 is 6.14. The Labute approximate surface area is 103 Å². The smallest absolute Gasteiger partial charge is 0.0463 e. The van der Waals surface area contributed by atoms with Gasteiger partial charge < -0.3 is 0 Å². The van der Waals surface area contributed by atoms with Crippen LogP contribution in [0.4, 0.5) is 0 Å². The third-order valence-electron chi connectivity index (χ3n) is 2.70. The molecular weight excluding hydrogens is 229 g/mol. The molecule has 0 aliphatic carbocycles. The largest absolute Gasteiger partial charge is 0.298 e. The summed E-state index contributed by atoms with van der Waals surface area (Å²) in [4.78, 5) is 2.44. The highest BCUT2D eigenvalue weighted by Gasteiger charge is 2.17. The summed E-state index contributed by atoms with van der Waals surface area (Å²) < 4.78 is 0. The molecule has 1 aromatic rings. The van der Waals surface area contributed by atoms with Gasteiger partial charge in [0.2, 0.25) is 0 Å². The van der Waals surface area contributed by atoms with Crippen molar-refractivity contribution in [2.45, 2.75) is 24.8 Å². The zero-order valence-electron chi connectivity index (χ0n) is 8.73. The Bertz CT molecular complexity index is 276. The molecule has 1 aliphatic heterocycles. The Morgan fingerprint density at radius 2 is 2.00 bits per heavy atom. The first-order valence-corrected chi connectivity index (χ1v) is 5.68. The number of nitrogens with zero attached hydrogens (tertiary/aromatic N) is 1. The molecule has 0 bridgehead atoms. The minimum absolute atomic E-state index is 0. The van der Waals surface area contributed by atoms with Crippen molar-refractivity contribution < 1.29 is 0 Å². The number of benzene rings is 1. The van der Waals surface area contributed by atoms with Gasteiger partial charge in [0.25, 0.3) is 0 Å². The minimum Gasteiger partial charge on any atom is -0.298 e. The van der Waals surface area contributed by atoms with E-state index in [0.29, 0.717) is 5.38 Å². The van der Waals surface area contributed by atoms with Gasteiger partial charge >= 0.3 is 0 Å². The molecule has 0 N–H and O–H groups in total. The fourth-order valence-electron chi connectivity index (χ4n) is 1.98. The third-order valence-corrected chi connectivity index (χ3v) is 3.05. The maximum Gasteiger partial charge on any atom is 0.0463 e. The van der Waals surface area contributed by atoms with E-state index < -0.39 is 0 Å². The van der Waals surface area contributed by atoms with Crippen molar-refractivity contribution >= 4 is 24.0 Å². The average Bonchev–Trinajstić information content (AvgIpc) is 2.19. The Balaban J connectivity index is 0.00000112. The van der Waals surface area contributed by atoms with E-state index in [1.54, 1.807) is 0 Å². The Morgan fingerprint density at radius 1 is 1.27 bits per heavy atom. The van der Waals surface area contributed by atoms with Gasteiger partial charge in [0.1, 0.15) is 0 Å². The van der Waals surface area contributed by atoms with E-state index in [-0.39, 0.29) is 12.4 Å². The molecule has 0 saturated carbocycles. The van der Waals surface area contributed by atoms with E-state index in [1.165, 1.54) is 24.9 Å². The second kappa shape index (κ2) is 6.37. The molecule has 84 valence electrons. The van der Waals surface area contributed by atoms with Crippen molar-refractivity contribution in [2.75, 3.05) is 13.1 Å². The first-order chi connectivity index (χ1) is 6.84. The lowest BCUT2D eigenvalue weighted by molar-refractivity contribution is 0.224. The molecule has 1 aliphatic rings. The van der Waals surface area contributed by atoms with Gasteiger partial charge in [-0.15, -0.1) is 24.0 Å². The summed E-state index contributed by atoms with van der Waals surface area (Å²) in [5.41, 5.74) is 1.39. The fraction of sp³-hybridized carbons (Fsp3) is 0.500. The maximum atomic E-state index is 6.14. The molecule has 1 unspecified atom stereocenters. The topological polar surface area (TPSA) is 3.24 Å². The van der Waals surface area contributed by atoms with Crippen LogP contribution in [0.25, 0.3) is 0 Å². The quantitative estimate of drug-likeness (QED) is 0.723. The molecule has 1 heterocycles. The minimum atomic E-state index is 0. The van der Waals surface area contributed by atoms with Gasteiger partial charge in [-0.25, -0.2) is 0 Å². The third kappa shape index (κ3) is 4.02. The zero-order valence-corrected chi connectivity index (χ0v) is 10.3. The van der Waals surface area contributed by atoms with Crippen LogP contribution in [0.15, 0.2) is 30.3 Å². The monoisotopic (exact) mass is 245 g/mol. The molecule has 1 fully saturated rings. The van der Waals surface area contributed by atoms with E-state index in [0.717, 1.165) is 13.1 Å². The second-order valence-electron chi connectivity index (χ2n) is 3.96. The van der Waals surface area contributed by atoms with Crippen molar-refractivity contribution in [3.05, 3.63) is 35.9 Å². The normalized spacial score (nSPS) is 22.1. The van der Waals surface area contributed by atoms with Gasteiger partial charge in [-0.2, -0.15) is 0 Å². The number of hydrogen-bond donors (Lipinski definition) is 0. The van der Waals surface area contributed by atoms with Crippen molar-refractivity contribution in [1.29, 1.82) is 0 Å². The van der Waals surface area contributed by atoms with Gasteiger partial charge in [-0.3, -0.25) is 4.90 Å². The number of piperidine rings is 1. The molecule has 1 saturated heterocycles. The molecule has 0 spiro atoms. The first-order valence-electron chi connectivity index (χ1n) is 5.25. The van der Waals surface area contributed by atoms with E-state index in [1.807, 2.05) is 0 Å². The Hall–Kier alpha value is -0.240. The number of halogens is 2. The molecule has 2 rings (SSSR count). The molecule has 1 atom stereocenters. The number of likely N-dealkylation sites (tertiary alicyclic amines) is 1.